The second-order valence-electron chi connectivity index (χ2n) is 5.62. The van der Waals surface area contributed by atoms with E-state index in [-0.39, 0.29) is 0 Å². The molecule has 1 aromatic heterocycles. The van der Waals surface area contributed by atoms with Gasteiger partial charge in [0, 0.05) is 29.5 Å². The first-order valence-corrected chi connectivity index (χ1v) is 9.00. The van der Waals surface area contributed by atoms with Gasteiger partial charge in [0.1, 0.15) is 5.01 Å². The van der Waals surface area contributed by atoms with Gasteiger partial charge in [-0.2, -0.15) is 11.8 Å². The summed E-state index contributed by atoms with van der Waals surface area (Å²) in [6.07, 6.45) is 1.09. The van der Waals surface area contributed by atoms with E-state index in [0.717, 1.165) is 13.0 Å². The zero-order chi connectivity index (χ0) is 13.8. The average molecular weight is 300 g/mol. The van der Waals surface area contributed by atoms with Crippen LogP contribution in [-0.2, 0) is 13.0 Å². The quantitative estimate of drug-likeness (QED) is 0.905. The van der Waals surface area contributed by atoms with Crippen LogP contribution in [0.25, 0.3) is 0 Å². The van der Waals surface area contributed by atoms with Gasteiger partial charge in [-0.05, 0) is 26.4 Å². The summed E-state index contributed by atoms with van der Waals surface area (Å²) in [4.78, 5) is 8.85. The molecular formula is C14H25N3S2. The fraction of sp³-hybridized carbons (Fsp3) is 0.786. The van der Waals surface area contributed by atoms with E-state index in [1.54, 1.807) is 0 Å². The molecule has 2 rings (SSSR count). The van der Waals surface area contributed by atoms with E-state index < -0.39 is 0 Å². The van der Waals surface area contributed by atoms with Gasteiger partial charge >= 0.3 is 0 Å². The molecular weight excluding hydrogens is 274 g/mol. The minimum Gasteiger partial charge on any atom is -0.315 e. The Morgan fingerprint density at radius 1 is 1.47 bits per heavy atom. The molecule has 1 N–H and O–H groups in total. The number of thioether (sulfide) groups is 1. The first-order valence-electron chi connectivity index (χ1n) is 7.02. The fourth-order valence-corrected chi connectivity index (χ4v) is 4.93. The third kappa shape index (κ3) is 3.94. The molecule has 1 unspecified atom stereocenters. The van der Waals surface area contributed by atoms with Gasteiger partial charge < -0.3 is 5.32 Å². The van der Waals surface area contributed by atoms with Gasteiger partial charge in [0.15, 0.2) is 0 Å². The Hall–Kier alpha value is -0.100. The highest BCUT2D eigenvalue weighted by molar-refractivity contribution is 7.99. The maximum atomic E-state index is 4.97. The molecule has 5 heteroatoms. The molecule has 108 valence electrons. The molecule has 0 saturated carbocycles. The van der Waals surface area contributed by atoms with E-state index in [2.05, 4.69) is 42.9 Å². The van der Waals surface area contributed by atoms with Crippen molar-refractivity contribution in [2.45, 2.75) is 32.9 Å². The van der Waals surface area contributed by atoms with Crippen molar-refractivity contribution in [2.24, 2.45) is 5.92 Å². The lowest BCUT2D eigenvalue weighted by molar-refractivity contribution is 0.274. The normalized spacial score (nSPS) is 21.2. The Balaban J connectivity index is 2.20. The molecule has 0 radical (unpaired) electrons. The van der Waals surface area contributed by atoms with Crippen molar-refractivity contribution in [3.05, 3.63) is 15.6 Å². The van der Waals surface area contributed by atoms with Crippen molar-refractivity contribution < 1.29 is 0 Å². The zero-order valence-corrected chi connectivity index (χ0v) is 14.0. The van der Waals surface area contributed by atoms with Crippen molar-refractivity contribution in [1.29, 1.82) is 0 Å². The maximum Gasteiger partial charge on any atom is 0.111 e. The van der Waals surface area contributed by atoms with Gasteiger partial charge in [-0.3, -0.25) is 4.90 Å². The first-order chi connectivity index (χ1) is 9.11. The lowest BCUT2D eigenvalue weighted by Crippen LogP contribution is -2.32. The van der Waals surface area contributed by atoms with Crippen LogP contribution in [0.3, 0.4) is 0 Å². The highest BCUT2D eigenvalue weighted by Gasteiger charge is 2.25. The van der Waals surface area contributed by atoms with Gasteiger partial charge in [-0.25, -0.2) is 4.98 Å². The summed E-state index contributed by atoms with van der Waals surface area (Å²) in [6.45, 7) is 6.66. The minimum atomic E-state index is 0.514. The fourth-order valence-electron chi connectivity index (χ4n) is 2.34. The van der Waals surface area contributed by atoms with Crippen molar-refractivity contribution >= 4 is 23.1 Å². The van der Waals surface area contributed by atoms with Crippen molar-refractivity contribution in [3.63, 3.8) is 0 Å². The third-order valence-corrected chi connectivity index (χ3v) is 5.64. The number of hydrogen-bond acceptors (Lipinski definition) is 5. The maximum absolute atomic E-state index is 4.97. The number of thiazole rings is 1. The summed E-state index contributed by atoms with van der Waals surface area (Å²) in [7, 11) is 4.24. The van der Waals surface area contributed by atoms with E-state index in [1.807, 2.05) is 18.4 Å². The van der Waals surface area contributed by atoms with Gasteiger partial charge in [0.2, 0.25) is 0 Å². The van der Waals surface area contributed by atoms with Crippen LogP contribution in [0.1, 0.15) is 35.5 Å². The summed E-state index contributed by atoms with van der Waals surface area (Å²) in [5.41, 5.74) is 1.31. The van der Waals surface area contributed by atoms with Crippen molar-refractivity contribution in [3.8, 4) is 0 Å². The van der Waals surface area contributed by atoms with Gasteiger partial charge in [0.05, 0.1) is 11.7 Å². The van der Waals surface area contributed by atoms with Gasteiger partial charge in [-0.1, -0.05) is 13.8 Å². The molecule has 0 spiro atoms. The molecule has 0 aromatic carbocycles. The van der Waals surface area contributed by atoms with E-state index in [0.29, 0.717) is 12.0 Å². The second kappa shape index (κ2) is 7.07. The molecule has 0 bridgehead atoms. The van der Waals surface area contributed by atoms with E-state index in [4.69, 9.17) is 4.98 Å². The highest BCUT2D eigenvalue weighted by Crippen LogP contribution is 2.33. The highest BCUT2D eigenvalue weighted by atomic mass is 32.2. The molecule has 1 saturated heterocycles. The van der Waals surface area contributed by atoms with Crippen LogP contribution < -0.4 is 5.32 Å². The number of hydrogen-bond donors (Lipinski definition) is 1. The minimum absolute atomic E-state index is 0.514. The third-order valence-electron chi connectivity index (χ3n) is 3.41. The second-order valence-corrected chi connectivity index (χ2v) is 7.89. The lowest BCUT2D eigenvalue weighted by Gasteiger charge is -2.30. The van der Waals surface area contributed by atoms with Crippen LogP contribution >= 0.6 is 23.1 Å². The molecule has 1 aliphatic heterocycles. The van der Waals surface area contributed by atoms with Crippen LogP contribution in [-0.4, -0.2) is 42.0 Å². The Bertz CT molecular complexity index is 403. The zero-order valence-electron chi connectivity index (χ0n) is 12.4. The molecule has 19 heavy (non-hydrogen) atoms. The van der Waals surface area contributed by atoms with Gasteiger partial charge in [-0.15, -0.1) is 11.3 Å². The predicted molar refractivity (Wildman–Crippen MR) is 86.1 cm³/mol. The summed E-state index contributed by atoms with van der Waals surface area (Å²) < 4.78 is 0. The molecule has 0 amide bonds. The summed E-state index contributed by atoms with van der Waals surface area (Å²) in [6, 6.07) is 0.514. The van der Waals surface area contributed by atoms with E-state index >= 15 is 0 Å². The summed E-state index contributed by atoms with van der Waals surface area (Å²) in [5.74, 6) is 3.11. The van der Waals surface area contributed by atoms with E-state index in [1.165, 1.54) is 33.6 Å². The monoisotopic (exact) mass is 299 g/mol. The van der Waals surface area contributed by atoms with Crippen LogP contribution in [0.4, 0.5) is 0 Å². The summed E-state index contributed by atoms with van der Waals surface area (Å²) >= 11 is 3.96. The number of nitrogens with one attached hydrogen (secondary N) is 1. The molecule has 3 nitrogen and oxygen atoms in total. The predicted octanol–water partition coefficient (Wildman–Crippen LogP) is 2.78. The smallest absolute Gasteiger partial charge is 0.111 e. The molecule has 0 aliphatic carbocycles. The Kier molecular flexibility index (Phi) is 5.69. The lowest BCUT2D eigenvalue weighted by atomic mass is 10.1. The molecule has 1 aliphatic rings. The summed E-state index contributed by atoms with van der Waals surface area (Å²) in [5, 5.41) is 4.59. The van der Waals surface area contributed by atoms with Crippen LogP contribution in [0, 0.1) is 5.92 Å². The Labute approximate surface area is 125 Å². The van der Waals surface area contributed by atoms with E-state index in [9.17, 15) is 0 Å². The van der Waals surface area contributed by atoms with Crippen LogP contribution in [0.2, 0.25) is 0 Å². The number of aromatic nitrogens is 1. The number of rotatable bonds is 5. The molecule has 2 heterocycles. The van der Waals surface area contributed by atoms with Crippen molar-refractivity contribution in [2.75, 3.05) is 32.1 Å². The number of nitrogens with zero attached hydrogens (tertiary/aromatic N) is 2. The van der Waals surface area contributed by atoms with Crippen LogP contribution in [0.15, 0.2) is 0 Å². The molecule has 1 aromatic rings. The standard InChI is InChI=1S/C14H25N3S2/c1-10(2)7-11-13(8-15-3)19-14(16-11)12-9-18-6-5-17(12)4/h10,12,15H,5-9H2,1-4H3. The van der Waals surface area contributed by atoms with Crippen molar-refractivity contribution in [1.82, 2.24) is 15.2 Å². The molecule has 1 atom stereocenters. The van der Waals surface area contributed by atoms with Gasteiger partial charge in [0.25, 0.3) is 0 Å². The SMILES string of the molecule is CNCc1sc(C2CSCCN2C)nc1CC(C)C. The average Bonchev–Trinajstić information content (AvgIpc) is 2.72. The topological polar surface area (TPSA) is 28.2 Å². The molecule has 1 fully saturated rings. The van der Waals surface area contributed by atoms with Crippen LogP contribution in [0.5, 0.6) is 0 Å². The first kappa shape index (κ1) is 15.3. The Morgan fingerprint density at radius 3 is 2.89 bits per heavy atom. The Morgan fingerprint density at radius 2 is 2.26 bits per heavy atom. The largest absolute Gasteiger partial charge is 0.315 e.